The topological polar surface area (TPSA) is 60.0 Å². The number of halogens is 1. The molecule has 1 aromatic carbocycles. The first-order valence-corrected chi connectivity index (χ1v) is 7.15. The summed E-state index contributed by atoms with van der Waals surface area (Å²) in [6.07, 6.45) is 0. The quantitative estimate of drug-likeness (QED) is 0.845. The van der Waals surface area contributed by atoms with Gasteiger partial charge in [0.2, 0.25) is 12.7 Å². The zero-order chi connectivity index (χ0) is 14.7. The minimum atomic E-state index is 0. The minimum absolute atomic E-state index is 0. The monoisotopic (exact) mass is 328 g/mol. The fraction of sp³-hybridized carbons (Fsp3) is 0.533. The summed E-state index contributed by atoms with van der Waals surface area (Å²) in [5.41, 5.74) is 1.04. The molecular formula is C15H21ClN2O4. The first-order chi connectivity index (χ1) is 10.3. The fourth-order valence-corrected chi connectivity index (χ4v) is 2.45. The molecule has 3 rings (SSSR count). The van der Waals surface area contributed by atoms with Gasteiger partial charge in [-0.3, -0.25) is 4.79 Å². The Morgan fingerprint density at radius 3 is 2.82 bits per heavy atom. The van der Waals surface area contributed by atoms with E-state index < -0.39 is 0 Å². The van der Waals surface area contributed by atoms with E-state index in [1.54, 1.807) is 7.11 Å². The molecule has 0 radical (unpaired) electrons. The van der Waals surface area contributed by atoms with Crippen LogP contribution < -0.4 is 14.8 Å². The largest absolute Gasteiger partial charge is 0.454 e. The van der Waals surface area contributed by atoms with Crippen LogP contribution in [0.1, 0.15) is 5.56 Å². The van der Waals surface area contributed by atoms with E-state index in [4.69, 9.17) is 14.2 Å². The summed E-state index contributed by atoms with van der Waals surface area (Å²) >= 11 is 0. The number of amides is 1. The average molecular weight is 329 g/mol. The van der Waals surface area contributed by atoms with E-state index in [0.29, 0.717) is 19.7 Å². The predicted molar refractivity (Wildman–Crippen MR) is 83.5 cm³/mol. The first kappa shape index (κ1) is 16.9. The number of nitrogens with one attached hydrogen (secondary N) is 1. The molecule has 22 heavy (non-hydrogen) atoms. The number of carbonyl (C=O) groups excluding carboxylic acids is 1. The van der Waals surface area contributed by atoms with Gasteiger partial charge < -0.3 is 24.4 Å². The smallest absolute Gasteiger partial charge is 0.231 e. The second-order valence-corrected chi connectivity index (χ2v) is 5.30. The lowest BCUT2D eigenvalue weighted by molar-refractivity contribution is -0.138. The summed E-state index contributed by atoms with van der Waals surface area (Å²) in [5.74, 6) is 1.79. The molecule has 0 atom stereocenters. The van der Waals surface area contributed by atoms with Gasteiger partial charge in [-0.05, 0) is 17.7 Å². The fourth-order valence-electron chi connectivity index (χ4n) is 2.45. The third-order valence-corrected chi connectivity index (χ3v) is 3.82. The third-order valence-electron chi connectivity index (χ3n) is 3.82. The predicted octanol–water partition coefficient (Wildman–Crippen LogP) is 1.03. The van der Waals surface area contributed by atoms with Crippen molar-refractivity contribution in [2.45, 2.75) is 6.54 Å². The summed E-state index contributed by atoms with van der Waals surface area (Å²) < 4.78 is 15.8. The highest BCUT2D eigenvalue weighted by Crippen LogP contribution is 2.32. The van der Waals surface area contributed by atoms with E-state index in [1.165, 1.54) is 0 Å². The van der Waals surface area contributed by atoms with Gasteiger partial charge in [0.1, 0.15) is 0 Å². The second kappa shape index (κ2) is 7.67. The standard InChI is InChI=1S/C15H20N2O4.ClH/c1-19-5-4-17(15(18)12-7-16-8-12)9-11-2-3-13-14(6-11)21-10-20-13;/h2-3,6,12,16H,4-5,7-10H2,1H3;1H. The van der Waals surface area contributed by atoms with Crippen molar-refractivity contribution in [1.29, 1.82) is 0 Å². The lowest BCUT2D eigenvalue weighted by atomic mass is 10.0. The van der Waals surface area contributed by atoms with Crippen LogP contribution in [0.15, 0.2) is 18.2 Å². The molecule has 0 aliphatic carbocycles. The normalized spacial score (nSPS) is 15.9. The Bertz CT molecular complexity index is 522. The number of rotatable bonds is 6. The van der Waals surface area contributed by atoms with E-state index in [9.17, 15) is 4.79 Å². The van der Waals surface area contributed by atoms with Crippen LogP contribution in [0.5, 0.6) is 11.5 Å². The molecule has 2 aliphatic rings. The van der Waals surface area contributed by atoms with Gasteiger partial charge >= 0.3 is 0 Å². The Kier molecular flexibility index (Phi) is 5.88. The molecule has 0 bridgehead atoms. The highest BCUT2D eigenvalue weighted by molar-refractivity contribution is 5.85. The van der Waals surface area contributed by atoms with E-state index >= 15 is 0 Å². The molecule has 1 N–H and O–H groups in total. The zero-order valence-electron chi connectivity index (χ0n) is 12.5. The number of hydrogen-bond acceptors (Lipinski definition) is 5. The zero-order valence-corrected chi connectivity index (χ0v) is 13.4. The highest BCUT2D eigenvalue weighted by atomic mass is 35.5. The van der Waals surface area contributed by atoms with Crippen LogP contribution >= 0.6 is 12.4 Å². The van der Waals surface area contributed by atoms with Crippen LogP contribution in [-0.2, 0) is 16.1 Å². The van der Waals surface area contributed by atoms with Crippen LogP contribution in [0.4, 0.5) is 0 Å². The van der Waals surface area contributed by atoms with Gasteiger partial charge in [-0.1, -0.05) is 6.07 Å². The Labute approximate surface area is 136 Å². The summed E-state index contributed by atoms with van der Waals surface area (Å²) in [4.78, 5) is 14.3. The summed E-state index contributed by atoms with van der Waals surface area (Å²) in [6, 6.07) is 5.80. The van der Waals surface area contributed by atoms with Gasteiger partial charge in [0.25, 0.3) is 0 Å². The minimum Gasteiger partial charge on any atom is -0.454 e. The SMILES string of the molecule is COCCN(Cc1ccc2c(c1)OCO2)C(=O)C1CNC1.Cl. The van der Waals surface area contributed by atoms with Crippen molar-refractivity contribution in [3.8, 4) is 11.5 Å². The van der Waals surface area contributed by atoms with Gasteiger partial charge in [0.05, 0.1) is 12.5 Å². The van der Waals surface area contributed by atoms with Gasteiger partial charge in [0, 0.05) is 33.3 Å². The third kappa shape index (κ3) is 3.63. The Hall–Kier alpha value is -1.50. The van der Waals surface area contributed by atoms with Gasteiger partial charge in [-0.15, -0.1) is 12.4 Å². The molecule has 1 aromatic rings. The molecule has 2 heterocycles. The van der Waals surface area contributed by atoms with Crippen molar-refractivity contribution in [2.24, 2.45) is 5.92 Å². The van der Waals surface area contributed by atoms with E-state index in [0.717, 1.165) is 30.2 Å². The van der Waals surface area contributed by atoms with Crippen molar-refractivity contribution < 1.29 is 19.0 Å². The number of carbonyl (C=O) groups is 1. The van der Waals surface area contributed by atoms with Crippen LogP contribution in [0.3, 0.4) is 0 Å². The average Bonchev–Trinajstić information content (AvgIpc) is 2.88. The molecule has 2 aliphatic heterocycles. The maximum absolute atomic E-state index is 12.4. The molecule has 0 unspecified atom stereocenters. The number of fused-ring (bicyclic) bond motifs is 1. The Morgan fingerprint density at radius 1 is 1.36 bits per heavy atom. The van der Waals surface area contributed by atoms with Crippen LogP contribution in [-0.4, -0.2) is 51.0 Å². The molecule has 0 spiro atoms. The Balaban J connectivity index is 0.00000176. The lowest BCUT2D eigenvalue weighted by Crippen LogP contribution is -2.52. The van der Waals surface area contributed by atoms with Crippen molar-refractivity contribution in [1.82, 2.24) is 10.2 Å². The molecule has 1 saturated heterocycles. The summed E-state index contributed by atoms with van der Waals surface area (Å²) in [6.45, 7) is 3.50. The van der Waals surface area contributed by atoms with Crippen molar-refractivity contribution in [2.75, 3.05) is 40.1 Å². The summed E-state index contributed by atoms with van der Waals surface area (Å²) in [5, 5.41) is 3.14. The molecule has 7 heteroatoms. The van der Waals surface area contributed by atoms with Crippen molar-refractivity contribution >= 4 is 18.3 Å². The van der Waals surface area contributed by atoms with Crippen LogP contribution in [0, 0.1) is 5.92 Å². The maximum Gasteiger partial charge on any atom is 0.231 e. The number of ether oxygens (including phenoxy) is 3. The number of hydrogen-bond donors (Lipinski definition) is 1. The number of methoxy groups -OCH3 is 1. The van der Waals surface area contributed by atoms with Gasteiger partial charge in [-0.25, -0.2) is 0 Å². The number of nitrogens with zero attached hydrogens (tertiary/aromatic N) is 1. The number of benzene rings is 1. The summed E-state index contributed by atoms with van der Waals surface area (Å²) in [7, 11) is 1.65. The van der Waals surface area contributed by atoms with Crippen molar-refractivity contribution in [3.05, 3.63) is 23.8 Å². The highest BCUT2D eigenvalue weighted by Gasteiger charge is 2.29. The molecule has 0 saturated carbocycles. The first-order valence-electron chi connectivity index (χ1n) is 7.15. The van der Waals surface area contributed by atoms with Gasteiger partial charge in [-0.2, -0.15) is 0 Å². The molecule has 1 amide bonds. The Morgan fingerprint density at radius 2 is 2.14 bits per heavy atom. The van der Waals surface area contributed by atoms with E-state index in [1.807, 2.05) is 23.1 Å². The molecule has 0 aromatic heterocycles. The second-order valence-electron chi connectivity index (χ2n) is 5.30. The van der Waals surface area contributed by atoms with Crippen LogP contribution in [0.2, 0.25) is 0 Å². The molecule has 1 fully saturated rings. The van der Waals surface area contributed by atoms with E-state index in [-0.39, 0.29) is 31.0 Å². The van der Waals surface area contributed by atoms with Crippen molar-refractivity contribution in [3.63, 3.8) is 0 Å². The van der Waals surface area contributed by atoms with E-state index in [2.05, 4.69) is 5.32 Å². The van der Waals surface area contributed by atoms with Crippen LogP contribution in [0.25, 0.3) is 0 Å². The lowest BCUT2D eigenvalue weighted by Gasteiger charge is -2.32. The molecule has 6 nitrogen and oxygen atoms in total. The molecular weight excluding hydrogens is 308 g/mol. The molecule has 122 valence electrons. The maximum atomic E-state index is 12.4. The van der Waals surface area contributed by atoms with Gasteiger partial charge in [0.15, 0.2) is 11.5 Å².